The second-order valence-corrected chi connectivity index (χ2v) is 5.64. The second-order valence-electron chi connectivity index (χ2n) is 5.64. The van der Waals surface area contributed by atoms with Gasteiger partial charge in [0.2, 0.25) is 5.95 Å². The van der Waals surface area contributed by atoms with Gasteiger partial charge in [0.15, 0.2) is 0 Å². The lowest BCUT2D eigenvalue weighted by Crippen LogP contribution is -2.10. The zero-order valence-corrected chi connectivity index (χ0v) is 14.3. The smallest absolute Gasteiger partial charge is 0.338 e. The molecule has 3 rings (SSSR count). The minimum atomic E-state index is -0.356. The fourth-order valence-electron chi connectivity index (χ4n) is 2.43. The molecule has 0 aliphatic carbocycles. The molecule has 0 aliphatic heterocycles. The van der Waals surface area contributed by atoms with E-state index >= 15 is 0 Å². The predicted octanol–water partition coefficient (Wildman–Crippen LogP) is 3.81. The van der Waals surface area contributed by atoms with Crippen LogP contribution in [0.15, 0.2) is 42.5 Å². The Kier molecular flexibility index (Phi) is 5.30. The molecule has 0 spiro atoms. The van der Waals surface area contributed by atoms with Gasteiger partial charge in [0.25, 0.3) is 0 Å². The number of hydrogen-bond acceptors (Lipinski definition) is 5. The Hall–Kier alpha value is -2.86. The van der Waals surface area contributed by atoms with Gasteiger partial charge in [0, 0.05) is 12.3 Å². The lowest BCUT2D eigenvalue weighted by atomic mass is 10.2. The summed E-state index contributed by atoms with van der Waals surface area (Å²) in [6.07, 6.45) is 0. The zero-order chi connectivity index (χ0) is 17.6. The third-order valence-corrected chi connectivity index (χ3v) is 3.69. The number of ether oxygens (including phenoxy) is 2. The Morgan fingerprint density at radius 3 is 2.72 bits per heavy atom. The third kappa shape index (κ3) is 4.36. The maximum atomic E-state index is 11.9. The highest BCUT2D eigenvalue weighted by Gasteiger charge is 2.08. The van der Waals surface area contributed by atoms with Crippen LogP contribution in [0.1, 0.15) is 22.8 Å². The van der Waals surface area contributed by atoms with Crippen molar-refractivity contribution in [2.45, 2.75) is 13.8 Å². The molecule has 0 saturated heterocycles. The minimum Gasteiger partial charge on any atom is -0.460 e. The summed E-state index contributed by atoms with van der Waals surface area (Å²) < 4.78 is 10.3. The van der Waals surface area contributed by atoms with E-state index in [2.05, 4.69) is 21.4 Å². The van der Waals surface area contributed by atoms with E-state index in [0.717, 1.165) is 16.7 Å². The molecule has 130 valence electrons. The van der Waals surface area contributed by atoms with Crippen molar-refractivity contribution in [2.75, 3.05) is 25.1 Å². The molecule has 0 atom stereocenters. The maximum Gasteiger partial charge on any atom is 0.338 e. The summed E-state index contributed by atoms with van der Waals surface area (Å²) in [5, 5.41) is 3.20. The van der Waals surface area contributed by atoms with Crippen LogP contribution in [-0.2, 0) is 9.47 Å². The van der Waals surface area contributed by atoms with Gasteiger partial charge in [-0.2, -0.15) is 0 Å². The molecule has 0 saturated carbocycles. The SMILES string of the molecule is CCOCCOC(=O)c1ccc(Nc2nc3ccc(C)cc3[nH]2)cc1. The first-order valence-electron chi connectivity index (χ1n) is 8.24. The standard InChI is InChI=1S/C19H21N3O3/c1-3-24-10-11-25-18(23)14-5-7-15(8-6-14)20-19-21-16-9-4-13(2)12-17(16)22-19/h4-9,12H,3,10-11H2,1-2H3,(H2,20,21,22). The van der Waals surface area contributed by atoms with Crippen LogP contribution in [0.25, 0.3) is 11.0 Å². The first kappa shape index (κ1) is 17.0. The number of carbonyl (C=O) groups is 1. The van der Waals surface area contributed by atoms with E-state index in [9.17, 15) is 4.79 Å². The number of carbonyl (C=O) groups excluding carboxylic acids is 1. The van der Waals surface area contributed by atoms with E-state index < -0.39 is 0 Å². The maximum absolute atomic E-state index is 11.9. The summed E-state index contributed by atoms with van der Waals surface area (Å²) in [7, 11) is 0. The fraction of sp³-hybridized carbons (Fsp3) is 0.263. The molecule has 0 aliphatic rings. The number of benzene rings is 2. The lowest BCUT2D eigenvalue weighted by molar-refractivity contribution is 0.0335. The molecule has 3 aromatic rings. The number of nitrogens with one attached hydrogen (secondary N) is 2. The van der Waals surface area contributed by atoms with E-state index in [1.165, 1.54) is 5.56 Å². The number of esters is 1. The van der Waals surface area contributed by atoms with Gasteiger partial charge in [0.05, 0.1) is 23.2 Å². The molecule has 25 heavy (non-hydrogen) atoms. The van der Waals surface area contributed by atoms with Crippen molar-refractivity contribution in [1.29, 1.82) is 0 Å². The molecule has 0 amide bonds. The number of imidazole rings is 1. The van der Waals surface area contributed by atoms with Crippen LogP contribution in [-0.4, -0.2) is 35.8 Å². The molecule has 6 nitrogen and oxygen atoms in total. The summed E-state index contributed by atoms with van der Waals surface area (Å²) >= 11 is 0. The Morgan fingerprint density at radius 1 is 1.16 bits per heavy atom. The van der Waals surface area contributed by atoms with Crippen molar-refractivity contribution in [2.24, 2.45) is 0 Å². The van der Waals surface area contributed by atoms with Crippen molar-refractivity contribution < 1.29 is 14.3 Å². The van der Waals surface area contributed by atoms with E-state index in [1.54, 1.807) is 12.1 Å². The second kappa shape index (κ2) is 7.81. The quantitative estimate of drug-likeness (QED) is 0.506. The molecule has 2 aromatic carbocycles. The average Bonchev–Trinajstić information content (AvgIpc) is 3.00. The first-order valence-corrected chi connectivity index (χ1v) is 8.24. The highest BCUT2D eigenvalue weighted by atomic mass is 16.6. The average molecular weight is 339 g/mol. The molecular formula is C19H21N3O3. The van der Waals surface area contributed by atoms with Crippen LogP contribution >= 0.6 is 0 Å². The van der Waals surface area contributed by atoms with Gasteiger partial charge in [-0.25, -0.2) is 9.78 Å². The summed E-state index contributed by atoms with van der Waals surface area (Å²) in [4.78, 5) is 19.6. The van der Waals surface area contributed by atoms with Crippen molar-refractivity contribution in [3.63, 3.8) is 0 Å². The predicted molar refractivity (Wildman–Crippen MR) is 97.3 cm³/mol. The molecular weight excluding hydrogens is 318 g/mol. The van der Waals surface area contributed by atoms with Crippen LogP contribution in [0, 0.1) is 6.92 Å². The van der Waals surface area contributed by atoms with Crippen molar-refractivity contribution in [3.8, 4) is 0 Å². The lowest BCUT2D eigenvalue weighted by Gasteiger charge is -2.06. The van der Waals surface area contributed by atoms with Crippen LogP contribution in [0.5, 0.6) is 0 Å². The summed E-state index contributed by atoms with van der Waals surface area (Å²) in [6, 6.07) is 13.1. The van der Waals surface area contributed by atoms with E-state index in [0.29, 0.717) is 24.7 Å². The summed E-state index contributed by atoms with van der Waals surface area (Å²) in [5.74, 6) is 0.304. The number of aromatic amines is 1. The zero-order valence-electron chi connectivity index (χ0n) is 14.3. The molecule has 0 bridgehead atoms. The van der Waals surface area contributed by atoms with Gasteiger partial charge < -0.3 is 19.8 Å². The van der Waals surface area contributed by atoms with Gasteiger partial charge in [-0.15, -0.1) is 0 Å². The van der Waals surface area contributed by atoms with Crippen LogP contribution in [0.2, 0.25) is 0 Å². The van der Waals surface area contributed by atoms with E-state index in [-0.39, 0.29) is 12.6 Å². The van der Waals surface area contributed by atoms with E-state index in [4.69, 9.17) is 9.47 Å². The topological polar surface area (TPSA) is 76.2 Å². The molecule has 0 radical (unpaired) electrons. The van der Waals surface area contributed by atoms with Gasteiger partial charge in [0.1, 0.15) is 6.61 Å². The molecule has 0 unspecified atom stereocenters. The fourth-order valence-corrected chi connectivity index (χ4v) is 2.43. The Bertz CT molecular complexity index is 856. The van der Waals surface area contributed by atoms with Crippen molar-refractivity contribution in [1.82, 2.24) is 9.97 Å². The monoisotopic (exact) mass is 339 g/mol. The number of hydrogen-bond donors (Lipinski definition) is 2. The number of aromatic nitrogens is 2. The summed E-state index contributed by atoms with van der Waals surface area (Å²) in [5.41, 5.74) is 4.40. The van der Waals surface area contributed by atoms with Gasteiger partial charge in [-0.1, -0.05) is 6.07 Å². The molecule has 1 heterocycles. The van der Waals surface area contributed by atoms with Crippen molar-refractivity contribution >= 4 is 28.6 Å². The van der Waals surface area contributed by atoms with Gasteiger partial charge >= 0.3 is 5.97 Å². The number of rotatable bonds is 7. The largest absolute Gasteiger partial charge is 0.460 e. The third-order valence-electron chi connectivity index (χ3n) is 3.69. The van der Waals surface area contributed by atoms with Crippen molar-refractivity contribution in [3.05, 3.63) is 53.6 Å². The van der Waals surface area contributed by atoms with Crippen LogP contribution in [0.3, 0.4) is 0 Å². The number of anilines is 2. The number of nitrogens with zero attached hydrogens (tertiary/aromatic N) is 1. The Labute approximate surface area is 146 Å². The van der Waals surface area contributed by atoms with Crippen LogP contribution < -0.4 is 5.32 Å². The van der Waals surface area contributed by atoms with Gasteiger partial charge in [-0.05, 0) is 55.8 Å². The molecule has 6 heteroatoms. The highest BCUT2D eigenvalue weighted by molar-refractivity contribution is 5.90. The molecule has 0 fully saturated rings. The van der Waals surface area contributed by atoms with Gasteiger partial charge in [-0.3, -0.25) is 0 Å². The Balaban J connectivity index is 1.62. The number of aryl methyl sites for hydroxylation is 1. The van der Waals surface area contributed by atoms with E-state index in [1.807, 2.05) is 38.1 Å². The Morgan fingerprint density at radius 2 is 1.96 bits per heavy atom. The van der Waals surface area contributed by atoms with Crippen LogP contribution in [0.4, 0.5) is 11.6 Å². The normalized spacial score (nSPS) is 10.8. The highest BCUT2D eigenvalue weighted by Crippen LogP contribution is 2.19. The minimum absolute atomic E-state index is 0.255. The number of fused-ring (bicyclic) bond motifs is 1. The molecule has 2 N–H and O–H groups in total. The number of H-pyrrole nitrogens is 1. The first-order chi connectivity index (χ1) is 12.2. The summed E-state index contributed by atoms with van der Waals surface area (Å²) in [6.45, 7) is 5.22. The molecule has 1 aromatic heterocycles.